The van der Waals surface area contributed by atoms with E-state index in [9.17, 15) is 9.59 Å². The van der Waals surface area contributed by atoms with E-state index in [0.717, 1.165) is 6.42 Å². The summed E-state index contributed by atoms with van der Waals surface area (Å²) in [4.78, 5) is 23.8. The van der Waals surface area contributed by atoms with Crippen LogP contribution in [0.25, 0.3) is 0 Å². The van der Waals surface area contributed by atoms with Crippen molar-refractivity contribution in [2.24, 2.45) is 0 Å². The molecule has 0 spiro atoms. The summed E-state index contributed by atoms with van der Waals surface area (Å²) in [6.45, 7) is 4.41. The first kappa shape index (κ1) is 17.5. The maximum Gasteiger partial charge on any atom is 0.255 e. The average molecular weight is 326 g/mol. The smallest absolute Gasteiger partial charge is 0.255 e. The molecule has 0 saturated heterocycles. The number of nitrogens with one attached hydrogen (secondary N) is 2. The van der Waals surface area contributed by atoms with Crippen molar-refractivity contribution in [2.75, 3.05) is 17.2 Å². The summed E-state index contributed by atoms with van der Waals surface area (Å²) >= 11 is 0. The van der Waals surface area contributed by atoms with Crippen molar-refractivity contribution in [3.63, 3.8) is 0 Å². The van der Waals surface area contributed by atoms with Crippen LogP contribution in [0.15, 0.2) is 48.5 Å². The summed E-state index contributed by atoms with van der Waals surface area (Å²) in [5.41, 5.74) is 1.90. The Morgan fingerprint density at radius 2 is 1.62 bits per heavy atom. The van der Waals surface area contributed by atoms with Crippen molar-refractivity contribution < 1.29 is 14.3 Å². The largest absolute Gasteiger partial charge is 0.494 e. The highest BCUT2D eigenvalue weighted by molar-refractivity contribution is 6.04. The number of carbonyl (C=O) groups is 2. The third kappa shape index (κ3) is 5.12. The minimum absolute atomic E-state index is 0.0120. The van der Waals surface area contributed by atoms with Crippen LogP contribution in [0.3, 0.4) is 0 Å². The lowest BCUT2D eigenvalue weighted by Crippen LogP contribution is -2.13. The van der Waals surface area contributed by atoms with E-state index < -0.39 is 0 Å². The van der Waals surface area contributed by atoms with Crippen molar-refractivity contribution in [1.29, 1.82) is 0 Å². The Hall–Kier alpha value is -2.82. The highest BCUT2D eigenvalue weighted by Crippen LogP contribution is 2.17. The molecule has 0 radical (unpaired) electrons. The Kier molecular flexibility index (Phi) is 6.37. The molecular formula is C19H22N2O3. The zero-order chi connectivity index (χ0) is 17.4. The molecule has 0 fully saturated rings. The van der Waals surface area contributed by atoms with E-state index in [1.807, 2.05) is 19.9 Å². The summed E-state index contributed by atoms with van der Waals surface area (Å²) in [6, 6.07) is 14.1. The van der Waals surface area contributed by atoms with Crippen LogP contribution in [0, 0.1) is 0 Å². The van der Waals surface area contributed by atoms with E-state index in [1.54, 1.807) is 42.5 Å². The first-order valence-electron chi connectivity index (χ1n) is 8.06. The van der Waals surface area contributed by atoms with Crippen LogP contribution in [-0.2, 0) is 4.79 Å². The minimum atomic E-state index is -0.209. The minimum Gasteiger partial charge on any atom is -0.494 e. The van der Waals surface area contributed by atoms with Gasteiger partial charge < -0.3 is 15.4 Å². The van der Waals surface area contributed by atoms with Gasteiger partial charge in [-0.15, -0.1) is 0 Å². The molecule has 5 heteroatoms. The zero-order valence-electron chi connectivity index (χ0n) is 14.0. The first-order valence-corrected chi connectivity index (χ1v) is 8.06. The summed E-state index contributed by atoms with van der Waals surface area (Å²) in [7, 11) is 0. The Bertz CT molecular complexity index is 696. The third-order valence-electron chi connectivity index (χ3n) is 3.31. The first-order chi connectivity index (χ1) is 11.6. The average Bonchev–Trinajstić information content (AvgIpc) is 2.57. The van der Waals surface area contributed by atoms with Crippen molar-refractivity contribution >= 4 is 23.2 Å². The molecule has 2 aromatic rings. The topological polar surface area (TPSA) is 67.4 Å². The van der Waals surface area contributed by atoms with E-state index in [0.29, 0.717) is 35.7 Å². The van der Waals surface area contributed by atoms with Gasteiger partial charge in [0.2, 0.25) is 5.91 Å². The number of hydrogen-bond donors (Lipinski definition) is 2. The monoisotopic (exact) mass is 326 g/mol. The standard InChI is InChI=1S/C19H22N2O3/c1-3-6-18(22)20-15-9-11-16(12-10-15)21-19(23)14-7-5-8-17(13-14)24-4-2/h5,7-13H,3-4,6H2,1-2H3,(H,20,22)(H,21,23). The van der Waals surface area contributed by atoms with Gasteiger partial charge in [-0.25, -0.2) is 0 Å². The van der Waals surface area contributed by atoms with Gasteiger partial charge in [-0.05, 0) is 55.8 Å². The lowest BCUT2D eigenvalue weighted by atomic mass is 10.2. The van der Waals surface area contributed by atoms with Crippen LogP contribution in [-0.4, -0.2) is 18.4 Å². The van der Waals surface area contributed by atoms with E-state index in [1.165, 1.54) is 0 Å². The lowest BCUT2D eigenvalue weighted by molar-refractivity contribution is -0.116. The second-order valence-corrected chi connectivity index (χ2v) is 5.29. The molecule has 126 valence electrons. The second-order valence-electron chi connectivity index (χ2n) is 5.29. The number of benzene rings is 2. The van der Waals surface area contributed by atoms with Crippen LogP contribution in [0.4, 0.5) is 11.4 Å². The summed E-state index contributed by atoms with van der Waals surface area (Å²) in [5.74, 6) is 0.445. The van der Waals surface area contributed by atoms with E-state index in [-0.39, 0.29) is 11.8 Å². The van der Waals surface area contributed by atoms with Gasteiger partial charge in [-0.3, -0.25) is 9.59 Å². The zero-order valence-corrected chi connectivity index (χ0v) is 14.0. The van der Waals surface area contributed by atoms with Crippen LogP contribution >= 0.6 is 0 Å². The molecule has 2 rings (SSSR count). The van der Waals surface area contributed by atoms with Crippen molar-refractivity contribution in [2.45, 2.75) is 26.7 Å². The summed E-state index contributed by atoms with van der Waals surface area (Å²) < 4.78 is 5.40. The Labute approximate surface area is 142 Å². The molecule has 2 aromatic carbocycles. The molecular weight excluding hydrogens is 304 g/mol. The van der Waals surface area contributed by atoms with Gasteiger partial charge in [0.1, 0.15) is 5.75 Å². The van der Waals surface area contributed by atoms with Gasteiger partial charge in [-0.2, -0.15) is 0 Å². The Balaban J connectivity index is 1.99. The number of amides is 2. The number of rotatable bonds is 7. The second kappa shape index (κ2) is 8.72. The van der Waals surface area contributed by atoms with Crippen molar-refractivity contribution in [3.05, 3.63) is 54.1 Å². The fourth-order valence-electron chi connectivity index (χ4n) is 2.18. The van der Waals surface area contributed by atoms with E-state index in [2.05, 4.69) is 10.6 Å². The van der Waals surface area contributed by atoms with Crippen molar-refractivity contribution in [1.82, 2.24) is 0 Å². The van der Waals surface area contributed by atoms with Crippen LogP contribution < -0.4 is 15.4 Å². The fourth-order valence-corrected chi connectivity index (χ4v) is 2.18. The van der Waals surface area contributed by atoms with Gasteiger partial charge in [0, 0.05) is 23.4 Å². The lowest BCUT2D eigenvalue weighted by Gasteiger charge is -2.09. The molecule has 0 aliphatic rings. The molecule has 0 aliphatic heterocycles. The number of carbonyl (C=O) groups excluding carboxylic acids is 2. The number of anilines is 2. The maximum absolute atomic E-state index is 12.3. The molecule has 5 nitrogen and oxygen atoms in total. The van der Waals surface area contributed by atoms with Crippen LogP contribution in [0.2, 0.25) is 0 Å². The van der Waals surface area contributed by atoms with Gasteiger partial charge in [0.15, 0.2) is 0 Å². The SMILES string of the molecule is CCCC(=O)Nc1ccc(NC(=O)c2cccc(OCC)c2)cc1. The van der Waals surface area contributed by atoms with Gasteiger partial charge >= 0.3 is 0 Å². The van der Waals surface area contributed by atoms with Gasteiger partial charge in [0.25, 0.3) is 5.91 Å². The van der Waals surface area contributed by atoms with E-state index >= 15 is 0 Å². The molecule has 0 aliphatic carbocycles. The third-order valence-corrected chi connectivity index (χ3v) is 3.31. The van der Waals surface area contributed by atoms with Crippen LogP contribution in [0.1, 0.15) is 37.0 Å². The molecule has 2 N–H and O–H groups in total. The molecule has 0 saturated carbocycles. The normalized spacial score (nSPS) is 10.1. The Morgan fingerprint density at radius 1 is 0.958 bits per heavy atom. The quantitative estimate of drug-likeness (QED) is 0.806. The fraction of sp³-hybridized carbons (Fsp3) is 0.263. The van der Waals surface area contributed by atoms with Gasteiger partial charge in [0.05, 0.1) is 6.61 Å². The molecule has 0 heterocycles. The summed E-state index contributed by atoms with van der Waals surface area (Å²) in [5, 5.41) is 5.63. The number of ether oxygens (including phenoxy) is 1. The molecule has 2 amide bonds. The van der Waals surface area contributed by atoms with E-state index in [4.69, 9.17) is 4.74 Å². The summed E-state index contributed by atoms with van der Waals surface area (Å²) in [6.07, 6.45) is 1.30. The molecule has 0 aromatic heterocycles. The molecule has 0 bridgehead atoms. The molecule has 0 unspecified atom stereocenters. The maximum atomic E-state index is 12.3. The predicted molar refractivity (Wildman–Crippen MR) is 95.5 cm³/mol. The predicted octanol–water partition coefficient (Wildman–Crippen LogP) is 4.08. The van der Waals surface area contributed by atoms with Gasteiger partial charge in [-0.1, -0.05) is 13.0 Å². The van der Waals surface area contributed by atoms with Crippen LogP contribution in [0.5, 0.6) is 5.75 Å². The highest BCUT2D eigenvalue weighted by atomic mass is 16.5. The van der Waals surface area contributed by atoms with Crippen molar-refractivity contribution in [3.8, 4) is 5.75 Å². The molecule has 24 heavy (non-hydrogen) atoms. The molecule has 0 atom stereocenters. The number of hydrogen-bond acceptors (Lipinski definition) is 3. The highest BCUT2D eigenvalue weighted by Gasteiger charge is 2.08. The Morgan fingerprint density at radius 3 is 2.25 bits per heavy atom.